The first-order valence-electron chi connectivity index (χ1n) is 7.79. The number of nitrogens with zero attached hydrogens (tertiary/aromatic N) is 2. The van der Waals surface area contributed by atoms with E-state index in [4.69, 9.17) is 4.74 Å². The van der Waals surface area contributed by atoms with Gasteiger partial charge >= 0.3 is 0 Å². The second-order valence-corrected chi connectivity index (χ2v) is 5.74. The van der Waals surface area contributed by atoms with Gasteiger partial charge in [0.25, 0.3) is 5.69 Å². The fraction of sp³-hybridized carbons (Fsp3) is 0.278. The van der Waals surface area contributed by atoms with E-state index in [1.165, 1.54) is 12.1 Å². The summed E-state index contributed by atoms with van der Waals surface area (Å²) in [5.74, 6) is 0.687. The topological polar surface area (TPSA) is 72.7 Å². The lowest BCUT2D eigenvalue weighted by Gasteiger charge is -2.29. The van der Waals surface area contributed by atoms with Crippen LogP contribution in [0.25, 0.3) is 0 Å². The highest BCUT2D eigenvalue weighted by Gasteiger charge is 2.24. The van der Waals surface area contributed by atoms with Crippen LogP contribution >= 0.6 is 0 Å². The van der Waals surface area contributed by atoms with Crippen molar-refractivity contribution >= 4 is 17.3 Å². The van der Waals surface area contributed by atoms with E-state index >= 15 is 0 Å². The maximum absolute atomic E-state index is 12.7. The summed E-state index contributed by atoms with van der Waals surface area (Å²) in [7, 11) is 1.59. The van der Waals surface area contributed by atoms with E-state index in [9.17, 15) is 14.9 Å². The molecule has 0 radical (unpaired) electrons. The summed E-state index contributed by atoms with van der Waals surface area (Å²) >= 11 is 0. The third kappa shape index (κ3) is 3.22. The van der Waals surface area contributed by atoms with Crippen LogP contribution < -0.4 is 9.64 Å². The maximum atomic E-state index is 12.7. The molecule has 2 aromatic rings. The van der Waals surface area contributed by atoms with E-state index in [1.807, 2.05) is 24.3 Å². The van der Waals surface area contributed by atoms with Crippen molar-refractivity contribution in [3.63, 3.8) is 0 Å². The molecule has 1 heterocycles. The van der Waals surface area contributed by atoms with Crippen molar-refractivity contribution in [2.24, 2.45) is 0 Å². The lowest BCUT2D eigenvalue weighted by molar-refractivity contribution is -0.384. The lowest BCUT2D eigenvalue weighted by atomic mass is 10.00. The van der Waals surface area contributed by atoms with Crippen LogP contribution in [0.15, 0.2) is 42.5 Å². The minimum Gasteiger partial charge on any atom is -0.497 e. The van der Waals surface area contributed by atoms with Gasteiger partial charge in [-0.3, -0.25) is 14.9 Å². The average molecular weight is 326 g/mol. The molecular weight excluding hydrogens is 308 g/mol. The first-order chi connectivity index (χ1) is 11.6. The van der Waals surface area contributed by atoms with Crippen molar-refractivity contribution in [2.45, 2.75) is 19.3 Å². The van der Waals surface area contributed by atoms with Gasteiger partial charge in [-0.1, -0.05) is 18.2 Å². The molecule has 0 spiro atoms. The van der Waals surface area contributed by atoms with Gasteiger partial charge in [-0.15, -0.1) is 0 Å². The Morgan fingerprint density at radius 2 is 2.00 bits per heavy atom. The van der Waals surface area contributed by atoms with Gasteiger partial charge in [-0.05, 0) is 36.1 Å². The molecule has 3 rings (SSSR count). The number of methoxy groups -OCH3 is 1. The van der Waals surface area contributed by atoms with E-state index in [2.05, 4.69) is 0 Å². The molecule has 6 nitrogen and oxygen atoms in total. The van der Waals surface area contributed by atoms with Crippen LogP contribution in [0.4, 0.5) is 11.4 Å². The number of nitro groups is 1. The number of nitro benzene ring substituents is 1. The number of hydrogen-bond acceptors (Lipinski definition) is 4. The van der Waals surface area contributed by atoms with E-state index in [0.29, 0.717) is 12.2 Å². The second kappa shape index (κ2) is 6.70. The number of amides is 1. The average Bonchev–Trinajstić information content (AvgIpc) is 2.61. The predicted octanol–water partition coefficient (Wildman–Crippen LogP) is 3.13. The summed E-state index contributed by atoms with van der Waals surface area (Å²) < 4.78 is 5.11. The van der Waals surface area contributed by atoms with Crippen LogP contribution in [0.2, 0.25) is 0 Å². The van der Waals surface area contributed by atoms with Crippen molar-refractivity contribution in [1.82, 2.24) is 0 Å². The van der Waals surface area contributed by atoms with E-state index in [-0.39, 0.29) is 18.0 Å². The van der Waals surface area contributed by atoms with Crippen LogP contribution in [0.5, 0.6) is 5.75 Å². The van der Waals surface area contributed by atoms with Crippen molar-refractivity contribution < 1.29 is 14.5 Å². The lowest BCUT2D eigenvalue weighted by Crippen LogP contribution is -2.36. The highest BCUT2D eigenvalue weighted by atomic mass is 16.6. The number of carbonyl (C=O) groups excluding carboxylic acids is 1. The Labute approximate surface area is 139 Å². The van der Waals surface area contributed by atoms with Crippen LogP contribution in [0.1, 0.15) is 17.5 Å². The van der Waals surface area contributed by atoms with Crippen molar-refractivity contribution in [3.8, 4) is 5.75 Å². The summed E-state index contributed by atoms with van der Waals surface area (Å²) in [6.07, 6.45) is 1.95. The molecular formula is C18H18N2O4. The zero-order valence-electron chi connectivity index (χ0n) is 13.4. The van der Waals surface area contributed by atoms with Gasteiger partial charge in [-0.2, -0.15) is 0 Å². The fourth-order valence-electron chi connectivity index (χ4n) is 2.95. The van der Waals surface area contributed by atoms with Crippen molar-refractivity contribution in [1.29, 1.82) is 0 Å². The van der Waals surface area contributed by atoms with E-state index in [0.717, 1.165) is 29.7 Å². The highest BCUT2D eigenvalue weighted by Crippen LogP contribution is 2.31. The SMILES string of the molecule is COc1ccc(CC(=O)N2CCCc3ccc([N+](=O)[O-])cc32)cc1. The minimum absolute atomic E-state index is 0.0119. The molecule has 0 aromatic heterocycles. The molecule has 6 heteroatoms. The number of anilines is 1. The molecule has 1 aliphatic rings. The van der Waals surface area contributed by atoms with E-state index < -0.39 is 4.92 Å². The Morgan fingerprint density at radius 1 is 1.25 bits per heavy atom. The Kier molecular flexibility index (Phi) is 4.46. The number of non-ortho nitro benzene ring substituents is 1. The van der Waals surface area contributed by atoms with Crippen LogP contribution in [0.3, 0.4) is 0 Å². The van der Waals surface area contributed by atoms with Crippen molar-refractivity contribution in [2.75, 3.05) is 18.6 Å². The maximum Gasteiger partial charge on any atom is 0.271 e. The normalized spacial score (nSPS) is 13.3. The van der Waals surface area contributed by atoms with Gasteiger partial charge in [0.2, 0.25) is 5.91 Å². The fourth-order valence-corrected chi connectivity index (χ4v) is 2.95. The predicted molar refractivity (Wildman–Crippen MR) is 90.5 cm³/mol. The molecule has 2 aromatic carbocycles. The monoisotopic (exact) mass is 326 g/mol. The van der Waals surface area contributed by atoms with Crippen molar-refractivity contribution in [3.05, 3.63) is 63.7 Å². The van der Waals surface area contributed by atoms with Crippen LogP contribution in [0, 0.1) is 10.1 Å². The number of ether oxygens (including phenoxy) is 1. The van der Waals surface area contributed by atoms with Gasteiger partial charge in [0, 0.05) is 18.7 Å². The molecule has 0 unspecified atom stereocenters. The van der Waals surface area contributed by atoms with Gasteiger partial charge in [0.05, 0.1) is 24.1 Å². The van der Waals surface area contributed by atoms with Crippen LogP contribution in [-0.4, -0.2) is 24.5 Å². The molecule has 0 bridgehead atoms. The molecule has 1 aliphatic heterocycles. The van der Waals surface area contributed by atoms with Gasteiger partial charge < -0.3 is 9.64 Å². The molecule has 24 heavy (non-hydrogen) atoms. The van der Waals surface area contributed by atoms with Gasteiger partial charge in [0.1, 0.15) is 5.75 Å². The highest BCUT2D eigenvalue weighted by molar-refractivity contribution is 5.96. The minimum atomic E-state index is -0.430. The number of fused-ring (bicyclic) bond motifs is 1. The van der Waals surface area contributed by atoms with Crippen LogP contribution in [-0.2, 0) is 17.6 Å². The van der Waals surface area contributed by atoms with E-state index in [1.54, 1.807) is 18.1 Å². The Bertz CT molecular complexity index is 771. The second-order valence-electron chi connectivity index (χ2n) is 5.74. The zero-order chi connectivity index (χ0) is 17.1. The smallest absolute Gasteiger partial charge is 0.271 e. The number of hydrogen-bond donors (Lipinski definition) is 0. The molecule has 0 fully saturated rings. The molecule has 124 valence electrons. The Balaban J connectivity index is 1.83. The first kappa shape index (κ1) is 16.0. The summed E-state index contributed by atoms with van der Waals surface area (Å²) in [6, 6.07) is 12.1. The number of carbonyl (C=O) groups is 1. The number of rotatable bonds is 4. The quantitative estimate of drug-likeness (QED) is 0.639. The molecule has 0 saturated heterocycles. The summed E-state index contributed by atoms with van der Waals surface area (Å²) in [4.78, 5) is 24.9. The standard InChI is InChI=1S/C18H18N2O4/c1-24-16-8-4-13(5-9-16)11-18(21)19-10-2-3-14-6-7-15(20(22)23)12-17(14)19/h4-9,12H,2-3,10-11H2,1H3. The summed E-state index contributed by atoms with van der Waals surface area (Å²) in [5, 5.41) is 11.0. The Hall–Kier alpha value is -2.89. The molecule has 0 N–H and O–H groups in total. The Morgan fingerprint density at radius 3 is 2.67 bits per heavy atom. The largest absolute Gasteiger partial charge is 0.497 e. The number of aryl methyl sites for hydroxylation is 1. The third-order valence-corrected chi connectivity index (χ3v) is 4.21. The summed E-state index contributed by atoms with van der Waals surface area (Å²) in [5.41, 5.74) is 2.54. The third-order valence-electron chi connectivity index (χ3n) is 4.21. The van der Waals surface area contributed by atoms with Gasteiger partial charge in [0.15, 0.2) is 0 Å². The molecule has 0 saturated carbocycles. The molecule has 1 amide bonds. The molecule has 0 aliphatic carbocycles. The van der Waals surface area contributed by atoms with Gasteiger partial charge in [-0.25, -0.2) is 0 Å². The molecule has 0 atom stereocenters. The summed E-state index contributed by atoms with van der Waals surface area (Å²) in [6.45, 7) is 0.586. The number of benzene rings is 2. The zero-order valence-corrected chi connectivity index (χ0v) is 13.4. The first-order valence-corrected chi connectivity index (χ1v) is 7.79.